The number of anilines is 1. The van der Waals surface area contributed by atoms with Gasteiger partial charge in [0, 0.05) is 42.9 Å². The standard InChI is InChI=1S/C21H29N3O2/c1-5-16-10-11-17-18(22-16)8-6-9-19(17)23-12-7-13-24(15-14-23)20(25)26-21(2,3)4/h6,8-11H,5,7,12-15H2,1-4H3. The Morgan fingerprint density at radius 1 is 1.12 bits per heavy atom. The summed E-state index contributed by atoms with van der Waals surface area (Å²) in [6, 6.07) is 10.6. The van der Waals surface area contributed by atoms with Crippen LogP contribution in [0, 0.1) is 0 Å². The van der Waals surface area contributed by atoms with Crippen molar-refractivity contribution >= 4 is 22.7 Å². The van der Waals surface area contributed by atoms with E-state index in [-0.39, 0.29) is 6.09 Å². The number of hydrogen-bond donors (Lipinski definition) is 0. The number of nitrogens with zero attached hydrogens (tertiary/aromatic N) is 3. The lowest BCUT2D eigenvalue weighted by atomic mass is 10.1. The average Bonchev–Trinajstić information content (AvgIpc) is 2.85. The number of amides is 1. The van der Waals surface area contributed by atoms with Gasteiger partial charge in [-0.1, -0.05) is 13.0 Å². The van der Waals surface area contributed by atoms with E-state index in [1.54, 1.807) is 0 Å². The van der Waals surface area contributed by atoms with E-state index < -0.39 is 5.60 Å². The molecule has 2 heterocycles. The number of ether oxygens (including phenoxy) is 1. The van der Waals surface area contributed by atoms with E-state index in [0.717, 1.165) is 43.7 Å². The normalized spacial score (nSPS) is 15.8. The molecule has 0 N–H and O–H groups in total. The molecule has 0 spiro atoms. The second kappa shape index (κ2) is 7.52. The van der Waals surface area contributed by atoms with Gasteiger partial charge in [-0.2, -0.15) is 0 Å². The number of aromatic nitrogens is 1. The van der Waals surface area contributed by atoms with Crippen molar-refractivity contribution in [1.82, 2.24) is 9.88 Å². The molecule has 1 fully saturated rings. The molecule has 1 amide bonds. The van der Waals surface area contributed by atoms with E-state index in [1.165, 1.54) is 11.1 Å². The van der Waals surface area contributed by atoms with Gasteiger partial charge in [0.15, 0.2) is 0 Å². The van der Waals surface area contributed by atoms with Gasteiger partial charge in [0.2, 0.25) is 0 Å². The molecule has 1 aromatic heterocycles. The second-order valence-corrected chi connectivity index (χ2v) is 7.81. The smallest absolute Gasteiger partial charge is 0.410 e. The Morgan fingerprint density at radius 2 is 1.92 bits per heavy atom. The van der Waals surface area contributed by atoms with E-state index in [1.807, 2.05) is 25.7 Å². The van der Waals surface area contributed by atoms with Crippen molar-refractivity contribution in [3.05, 3.63) is 36.0 Å². The summed E-state index contributed by atoms with van der Waals surface area (Å²) >= 11 is 0. The molecule has 0 bridgehead atoms. The van der Waals surface area contributed by atoms with Gasteiger partial charge in [-0.05, 0) is 57.9 Å². The third-order valence-electron chi connectivity index (χ3n) is 4.62. The SMILES string of the molecule is CCc1ccc2c(N3CCCN(C(=O)OC(C)(C)C)CC3)cccc2n1. The molecular weight excluding hydrogens is 326 g/mol. The number of pyridine rings is 1. The van der Waals surface area contributed by atoms with Gasteiger partial charge in [-0.25, -0.2) is 4.79 Å². The molecule has 0 aliphatic carbocycles. The van der Waals surface area contributed by atoms with Gasteiger partial charge in [-0.15, -0.1) is 0 Å². The highest BCUT2D eigenvalue weighted by atomic mass is 16.6. The quantitative estimate of drug-likeness (QED) is 0.808. The fraction of sp³-hybridized carbons (Fsp3) is 0.524. The van der Waals surface area contributed by atoms with Crippen molar-refractivity contribution in [2.24, 2.45) is 0 Å². The van der Waals surface area contributed by atoms with Gasteiger partial charge in [0.25, 0.3) is 0 Å². The minimum atomic E-state index is -0.457. The van der Waals surface area contributed by atoms with Crippen LogP contribution >= 0.6 is 0 Å². The Bertz CT molecular complexity index is 782. The van der Waals surface area contributed by atoms with Crippen molar-refractivity contribution < 1.29 is 9.53 Å². The summed E-state index contributed by atoms with van der Waals surface area (Å²) in [4.78, 5) is 21.3. The number of carbonyl (C=O) groups excluding carboxylic acids is 1. The first kappa shape index (κ1) is 18.5. The van der Waals surface area contributed by atoms with E-state index in [9.17, 15) is 4.79 Å². The molecule has 0 unspecified atom stereocenters. The third kappa shape index (κ3) is 4.26. The van der Waals surface area contributed by atoms with Gasteiger partial charge >= 0.3 is 6.09 Å². The zero-order valence-electron chi connectivity index (χ0n) is 16.3. The molecule has 0 atom stereocenters. The highest BCUT2D eigenvalue weighted by molar-refractivity contribution is 5.92. The van der Waals surface area contributed by atoms with Crippen LogP contribution in [0.5, 0.6) is 0 Å². The van der Waals surface area contributed by atoms with Crippen molar-refractivity contribution in [3.8, 4) is 0 Å². The predicted octanol–water partition coefficient (Wildman–Crippen LogP) is 4.24. The lowest BCUT2D eigenvalue weighted by Gasteiger charge is -2.27. The summed E-state index contributed by atoms with van der Waals surface area (Å²) in [5, 5.41) is 1.18. The molecular formula is C21H29N3O2. The Morgan fingerprint density at radius 3 is 2.65 bits per heavy atom. The molecule has 0 radical (unpaired) electrons. The Hall–Kier alpha value is -2.30. The van der Waals surface area contributed by atoms with Crippen LogP contribution in [0.2, 0.25) is 0 Å². The predicted molar refractivity (Wildman–Crippen MR) is 106 cm³/mol. The van der Waals surface area contributed by atoms with Crippen molar-refractivity contribution in [3.63, 3.8) is 0 Å². The molecule has 1 saturated heterocycles. The minimum Gasteiger partial charge on any atom is -0.444 e. The van der Waals surface area contributed by atoms with Crippen LogP contribution in [0.15, 0.2) is 30.3 Å². The fourth-order valence-corrected chi connectivity index (χ4v) is 3.32. The first-order chi connectivity index (χ1) is 12.4. The van der Waals surface area contributed by atoms with Gasteiger partial charge < -0.3 is 14.5 Å². The van der Waals surface area contributed by atoms with Crippen molar-refractivity contribution in [1.29, 1.82) is 0 Å². The molecule has 26 heavy (non-hydrogen) atoms. The van der Waals surface area contributed by atoms with Gasteiger partial charge in [0.1, 0.15) is 5.60 Å². The highest BCUT2D eigenvalue weighted by Crippen LogP contribution is 2.27. The Kier molecular flexibility index (Phi) is 5.35. The van der Waals surface area contributed by atoms with Gasteiger partial charge in [0.05, 0.1) is 5.52 Å². The van der Waals surface area contributed by atoms with Crippen LogP contribution in [0.1, 0.15) is 39.8 Å². The minimum absolute atomic E-state index is 0.216. The molecule has 1 aliphatic rings. The van der Waals surface area contributed by atoms with E-state index in [0.29, 0.717) is 6.54 Å². The van der Waals surface area contributed by atoms with Crippen LogP contribution in [0.3, 0.4) is 0 Å². The largest absolute Gasteiger partial charge is 0.444 e. The number of hydrogen-bond acceptors (Lipinski definition) is 4. The summed E-state index contributed by atoms with van der Waals surface area (Å²) in [5.41, 5.74) is 2.89. The van der Waals surface area contributed by atoms with Crippen LogP contribution in [0.4, 0.5) is 10.5 Å². The maximum atomic E-state index is 12.4. The number of benzene rings is 1. The zero-order valence-corrected chi connectivity index (χ0v) is 16.3. The maximum Gasteiger partial charge on any atom is 0.410 e. The van der Waals surface area contributed by atoms with Crippen LogP contribution in [0.25, 0.3) is 10.9 Å². The Balaban J connectivity index is 1.77. The zero-order chi connectivity index (χ0) is 18.7. The number of rotatable bonds is 2. The van der Waals surface area contributed by atoms with E-state index in [4.69, 9.17) is 9.72 Å². The Labute approximate surface area is 156 Å². The van der Waals surface area contributed by atoms with Crippen molar-refractivity contribution in [2.75, 3.05) is 31.1 Å². The number of carbonyl (C=O) groups is 1. The number of aryl methyl sites for hydroxylation is 1. The lowest BCUT2D eigenvalue weighted by Crippen LogP contribution is -2.39. The summed E-state index contributed by atoms with van der Waals surface area (Å²) < 4.78 is 5.53. The molecule has 3 rings (SSSR count). The second-order valence-electron chi connectivity index (χ2n) is 7.81. The molecule has 0 saturated carbocycles. The third-order valence-corrected chi connectivity index (χ3v) is 4.62. The maximum absolute atomic E-state index is 12.4. The lowest BCUT2D eigenvalue weighted by molar-refractivity contribution is 0.0263. The van der Waals surface area contributed by atoms with Gasteiger partial charge in [-0.3, -0.25) is 4.98 Å². The van der Waals surface area contributed by atoms with Crippen molar-refractivity contribution in [2.45, 2.75) is 46.1 Å². The van der Waals surface area contributed by atoms with Crippen LogP contribution in [-0.4, -0.2) is 47.8 Å². The highest BCUT2D eigenvalue weighted by Gasteiger charge is 2.25. The summed E-state index contributed by atoms with van der Waals surface area (Å²) in [7, 11) is 0. The van der Waals surface area contributed by atoms with Crippen LogP contribution < -0.4 is 4.90 Å². The topological polar surface area (TPSA) is 45.7 Å². The average molecular weight is 355 g/mol. The molecule has 1 aromatic carbocycles. The molecule has 2 aromatic rings. The monoisotopic (exact) mass is 355 g/mol. The summed E-state index contributed by atoms with van der Waals surface area (Å²) in [5.74, 6) is 0. The summed E-state index contributed by atoms with van der Waals surface area (Å²) in [6.07, 6.45) is 1.65. The summed E-state index contributed by atoms with van der Waals surface area (Å²) in [6.45, 7) is 11.0. The molecule has 140 valence electrons. The molecule has 5 heteroatoms. The van der Waals surface area contributed by atoms with Crippen LogP contribution in [-0.2, 0) is 11.2 Å². The van der Waals surface area contributed by atoms with E-state index in [2.05, 4.69) is 42.2 Å². The first-order valence-corrected chi connectivity index (χ1v) is 9.49. The van der Waals surface area contributed by atoms with E-state index >= 15 is 0 Å². The molecule has 5 nitrogen and oxygen atoms in total. The molecule has 1 aliphatic heterocycles. The fourth-order valence-electron chi connectivity index (χ4n) is 3.32. The number of fused-ring (bicyclic) bond motifs is 1. The first-order valence-electron chi connectivity index (χ1n) is 9.49.